The maximum Gasteiger partial charge on any atom is 0.237 e. The molecule has 0 radical (unpaired) electrons. The van der Waals surface area contributed by atoms with E-state index in [9.17, 15) is 4.79 Å². The van der Waals surface area contributed by atoms with Crippen LogP contribution in [0.2, 0.25) is 0 Å². The molecule has 0 aliphatic carbocycles. The van der Waals surface area contributed by atoms with Gasteiger partial charge in [-0.1, -0.05) is 6.92 Å². The second-order valence-corrected chi connectivity index (χ2v) is 8.04. The highest BCUT2D eigenvalue weighted by Crippen LogP contribution is 2.43. The topological polar surface area (TPSA) is 48.5 Å². The maximum atomic E-state index is 12.9. The van der Waals surface area contributed by atoms with Gasteiger partial charge in [0.2, 0.25) is 5.91 Å². The SMILES string of the molecule is CCCN1CC2(CCN(C)CC2)C[C@H]1C(=O)NCc1cc(C)ccn1. The lowest BCUT2D eigenvalue weighted by molar-refractivity contribution is -0.125. The van der Waals surface area contributed by atoms with Crippen LogP contribution in [0, 0.1) is 12.3 Å². The molecule has 1 atom stereocenters. The van der Waals surface area contributed by atoms with Gasteiger partial charge in [-0.3, -0.25) is 14.7 Å². The molecule has 1 spiro atoms. The standard InChI is InChI=1S/C20H32N4O/c1-4-9-24-15-20(6-10-23(3)11-7-20)13-18(24)19(25)22-14-17-12-16(2)5-8-21-17/h5,8,12,18H,4,6-7,9-11,13-15H2,1-3H3,(H,22,25)/t18-/m0/s1. The second kappa shape index (κ2) is 7.83. The number of pyridine rings is 1. The van der Waals surface area contributed by atoms with E-state index >= 15 is 0 Å². The van der Waals surface area contributed by atoms with E-state index in [0.717, 1.165) is 44.7 Å². The van der Waals surface area contributed by atoms with Crippen LogP contribution in [0.5, 0.6) is 0 Å². The summed E-state index contributed by atoms with van der Waals surface area (Å²) in [5.74, 6) is 0.174. The Kier molecular flexibility index (Phi) is 5.74. The Morgan fingerprint density at radius 2 is 2.16 bits per heavy atom. The number of nitrogens with zero attached hydrogens (tertiary/aromatic N) is 3. The zero-order valence-electron chi connectivity index (χ0n) is 15.9. The molecule has 25 heavy (non-hydrogen) atoms. The van der Waals surface area contributed by atoms with E-state index in [0.29, 0.717) is 12.0 Å². The number of carbonyl (C=O) groups excluding carboxylic acids is 1. The van der Waals surface area contributed by atoms with E-state index in [-0.39, 0.29) is 11.9 Å². The highest BCUT2D eigenvalue weighted by atomic mass is 16.2. The fourth-order valence-electron chi connectivity index (χ4n) is 4.37. The van der Waals surface area contributed by atoms with Crippen molar-refractivity contribution in [3.8, 4) is 0 Å². The highest BCUT2D eigenvalue weighted by molar-refractivity contribution is 5.82. The fourth-order valence-corrected chi connectivity index (χ4v) is 4.37. The summed E-state index contributed by atoms with van der Waals surface area (Å²) in [6.45, 7) is 9.17. The number of aryl methyl sites for hydroxylation is 1. The van der Waals surface area contributed by atoms with E-state index < -0.39 is 0 Å². The Morgan fingerprint density at radius 1 is 1.40 bits per heavy atom. The quantitative estimate of drug-likeness (QED) is 0.890. The van der Waals surface area contributed by atoms with Crippen molar-refractivity contribution in [2.75, 3.05) is 33.2 Å². The van der Waals surface area contributed by atoms with E-state index in [4.69, 9.17) is 0 Å². The van der Waals surface area contributed by atoms with E-state index in [2.05, 4.69) is 41.0 Å². The van der Waals surface area contributed by atoms with Crippen molar-refractivity contribution < 1.29 is 4.79 Å². The van der Waals surface area contributed by atoms with Crippen LogP contribution in [0.3, 0.4) is 0 Å². The van der Waals surface area contributed by atoms with E-state index in [1.165, 1.54) is 18.4 Å². The van der Waals surface area contributed by atoms with Crippen molar-refractivity contribution in [3.63, 3.8) is 0 Å². The monoisotopic (exact) mass is 344 g/mol. The van der Waals surface area contributed by atoms with Crippen LogP contribution < -0.4 is 5.32 Å². The van der Waals surface area contributed by atoms with Gasteiger partial charge >= 0.3 is 0 Å². The normalized spacial score (nSPS) is 23.9. The summed E-state index contributed by atoms with van der Waals surface area (Å²) in [5, 5.41) is 3.13. The van der Waals surface area contributed by atoms with Crippen molar-refractivity contribution in [3.05, 3.63) is 29.6 Å². The molecular weight excluding hydrogens is 312 g/mol. The Labute approximate surface area is 151 Å². The number of likely N-dealkylation sites (tertiary alicyclic amines) is 2. The Bertz CT molecular complexity index is 595. The second-order valence-electron chi connectivity index (χ2n) is 8.04. The third kappa shape index (κ3) is 4.39. The van der Waals surface area contributed by atoms with Crippen LogP contribution in [0.1, 0.15) is 43.9 Å². The van der Waals surface area contributed by atoms with Gasteiger partial charge in [-0.05, 0) is 82.4 Å². The van der Waals surface area contributed by atoms with Crippen molar-refractivity contribution >= 4 is 5.91 Å². The zero-order valence-corrected chi connectivity index (χ0v) is 15.9. The van der Waals surface area contributed by atoms with Gasteiger partial charge in [0.1, 0.15) is 0 Å². The third-order valence-electron chi connectivity index (χ3n) is 5.88. The van der Waals surface area contributed by atoms with Gasteiger partial charge in [0, 0.05) is 12.7 Å². The smallest absolute Gasteiger partial charge is 0.237 e. The van der Waals surface area contributed by atoms with Crippen molar-refractivity contribution in [2.45, 2.75) is 52.1 Å². The third-order valence-corrected chi connectivity index (χ3v) is 5.88. The molecule has 3 heterocycles. The summed E-state index contributed by atoms with van der Waals surface area (Å²) < 4.78 is 0. The van der Waals surface area contributed by atoms with Gasteiger partial charge in [-0.15, -0.1) is 0 Å². The fraction of sp³-hybridized carbons (Fsp3) is 0.700. The molecule has 1 aromatic rings. The van der Waals surface area contributed by atoms with Gasteiger partial charge in [-0.2, -0.15) is 0 Å². The Morgan fingerprint density at radius 3 is 2.84 bits per heavy atom. The summed E-state index contributed by atoms with van der Waals surface area (Å²) in [5.41, 5.74) is 2.45. The van der Waals surface area contributed by atoms with E-state index in [1.807, 2.05) is 18.3 Å². The first-order valence-electron chi connectivity index (χ1n) is 9.63. The average Bonchev–Trinajstić information content (AvgIpc) is 2.95. The molecule has 2 aliphatic rings. The number of rotatable bonds is 5. The Balaban J connectivity index is 1.63. The molecular formula is C20H32N4O. The molecule has 5 heteroatoms. The first-order valence-corrected chi connectivity index (χ1v) is 9.63. The number of aromatic nitrogens is 1. The Hall–Kier alpha value is -1.46. The van der Waals surface area contributed by atoms with Gasteiger partial charge < -0.3 is 10.2 Å². The van der Waals surface area contributed by atoms with Crippen molar-refractivity contribution in [1.29, 1.82) is 0 Å². The van der Waals surface area contributed by atoms with Crippen LogP contribution in [-0.4, -0.2) is 60.0 Å². The lowest BCUT2D eigenvalue weighted by Crippen LogP contribution is -2.43. The van der Waals surface area contributed by atoms with Crippen LogP contribution in [0.25, 0.3) is 0 Å². The molecule has 0 saturated carbocycles. The first kappa shape index (κ1) is 18.3. The minimum absolute atomic E-state index is 0.0214. The minimum atomic E-state index is 0.0214. The zero-order chi connectivity index (χ0) is 17.9. The van der Waals surface area contributed by atoms with Crippen LogP contribution >= 0.6 is 0 Å². The summed E-state index contributed by atoms with van der Waals surface area (Å²) in [4.78, 5) is 22.1. The van der Waals surface area contributed by atoms with E-state index in [1.54, 1.807) is 0 Å². The van der Waals surface area contributed by atoms with Crippen LogP contribution in [0.15, 0.2) is 18.3 Å². The molecule has 0 bridgehead atoms. The molecule has 0 aromatic carbocycles. The lowest BCUT2D eigenvalue weighted by Gasteiger charge is -2.37. The summed E-state index contributed by atoms with van der Waals surface area (Å²) in [7, 11) is 2.20. The molecule has 5 nitrogen and oxygen atoms in total. The summed E-state index contributed by atoms with van der Waals surface area (Å²) in [6.07, 6.45) is 6.34. The van der Waals surface area contributed by atoms with Crippen LogP contribution in [0.4, 0.5) is 0 Å². The molecule has 2 fully saturated rings. The molecule has 0 unspecified atom stereocenters. The maximum absolute atomic E-state index is 12.9. The van der Waals surface area contributed by atoms with Gasteiger partial charge in [-0.25, -0.2) is 0 Å². The predicted octanol–water partition coefficient (Wildman–Crippen LogP) is 2.20. The van der Waals surface area contributed by atoms with Gasteiger partial charge in [0.15, 0.2) is 0 Å². The van der Waals surface area contributed by atoms with Crippen LogP contribution in [-0.2, 0) is 11.3 Å². The van der Waals surface area contributed by atoms with Crippen molar-refractivity contribution in [2.24, 2.45) is 5.41 Å². The number of nitrogens with one attached hydrogen (secondary N) is 1. The van der Waals surface area contributed by atoms with Gasteiger partial charge in [0.25, 0.3) is 0 Å². The first-order chi connectivity index (χ1) is 12.0. The van der Waals surface area contributed by atoms with Gasteiger partial charge in [0.05, 0.1) is 18.3 Å². The summed E-state index contributed by atoms with van der Waals surface area (Å²) >= 11 is 0. The highest BCUT2D eigenvalue weighted by Gasteiger charge is 2.47. The minimum Gasteiger partial charge on any atom is -0.349 e. The molecule has 1 aromatic heterocycles. The average molecular weight is 345 g/mol. The summed E-state index contributed by atoms with van der Waals surface area (Å²) in [6, 6.07) is 4.04. The molecule has 2 aliphatic heterocycles. The largest absolute Gasteiger partial charge is 0.349 e. The number of carbonyl (C=O) groups is 1. The molecule has 3 rings (SSSR count). The molecule has 1 amide bonds. The number of piperidine rings is 1. The molecule has 2 saturated heterocycles. The van der Waals surface area contributed by atoms with Crippen molar-refractivity contribution in [1.82, 2.24) is 20.1 Å². The molecule has 138 valence electrons. The molecule has 1 N–H and O–H groups in total. The number of amides is 1. The predicted molar refractivity (Wildman–Crippen MR) is 100 cm³/mol. The lowest BCUT2D eigenvalue weighted by atomic mass is 9.76. The number of hydrogen-bond donors (Lipinski definition) is 1. The number of hydrogen-bond acceptors (Lipinski definition) is 4.